The fraction of sp³-hybridized carbons (Fsp3) is 0.474. The Kier molecular flexibility index (Phi) is 7.14. The molecular formula is C19H26N2O4S. The van der Waals surface area contributed by atoms with Crippen molar-refractivity contribution < 1.29 is 19.4 Å². The van der Waals surface area contributed by atoms with E-state index >= 15 is 0 Å². The van der Waals surface area contributed by atoms with Crippen molar-refractivity contribution in [2.75, 3.05) is 19.8 Å². The van der Waals surface area contributed by atoms with Crippen LogP contribution in [0.5, 0.6) is 0 Å². The number of nitrogens with one attached hydrogen (secondary N) is 1. The average molecular weight is 378 g/mol. The smallest absolute Gasteiger partial charge is 0.408 e. The molecule has 2 aromatic rings. The summed E-state index contributed by atoms with van der Waals surface area (Å²) in [5, 5.41) is 11.7. The van der Waals surface area contributed by atoms with Crippen LogP contribution in [0, 0.1) is 6.92 Å². The van der Waals surface area contributed by atoms with Gasteiger partial charge in [0, 0.05) is 5.54 Å². The zero-order valence-electron chi connectivity index (χ0n) is 15.6. The molecular weight excluding hydrogens is 352 g/mol. The number of carbonyl (C=O) groups is 1. The van der Waals surface area contributed by atoms with Gasteiger partial charge in [0.25, 0.3) is 0 Å². The number of rotatable bonds is 7. The number of aryl methyl sites for hydroxylation is 1. The van der Waals surface area contributed by atoms with E-state index in [0.717, 1.165) is 21.7 Å². The number of aliphatic hydroxyl groups excluding tert-OH is 1. The normalized spacial score (nSPS) is 12.7. The SMILES string of the molecule is Cc1ncsc1-c1ccc([C@H](COCCO)OC(=O)NC(C)(C)C)cc1. The molecule has 1 amide bonds. The zero-order valence-corrected chi connectivity index (χ0v) is 16.4. The summed E-state index contributed by atoms with van der Waals surface area (Å²) in [4.78, 5) is 17.5. The molecule has 0 spiro atoms. The van der Waals surface area contributed by atoms with Crippen molar-refractivity contribution in [3.63, 3.8) is 0 Å². The second-order valence-electron chi connectivity index (χ2n) is 6.96. The summed E-state index contributed by atoms with van der Waals surface area (Å²) >= 11 is 1.59. The van der Waals surface area contributed by atoms with Crippen LogP contribution in [0.3, 0.4) is 0 Å². The number of carbonyl (C=O) groups excluding carboxylic acids is 1. The highest BCUT2D eigenvalue weighted by molar-refractivity contribution is 7.13. The molecule has 1 aromatic carbocycles. The first-order valence-corrected chi connectivity index (χ1v) is 9.36. The molecule has 142 valence electrons. The number of hydrogen-bond acceptors (Lipinski definition) is 6. The number of hydrogen-bond donors (Lipinski definition) is 2. The van der Waals surface area contributed by atoms with Crippen molar-refractivity contribution in [1.82, 2.24) is 10.3 Å². The second kappa shape index (κ2) is 9.12. The van der Waals surface area contributed by atoms with E-state index < -0.39 is 12.2 Å². The predicted molar refractivity (Wildman–Crippen MR) is 102 cm³/mol. The van der Waals surface area contributed by atoms with Gasteiger partial charge in [0.15, 0.2) is 6.10 Å². The minimum Gasteiger partial charge on any atom is -0.439 e. The summed E-state index contributed by atoms with van der Waals surface area (Å²) in [5.74, 6) is 0. The lowest BCUT2D eigenvalue weighted by Gasteiger charge is -2.24. The van der Waals surface area contributed by atoms with Gasteiger partial charge in [-0.3, -0.25) is 0 Å². The van der Waals surface area contributed by atoms with Gasteiger partial charge in [-0.25, -0.2) is 9.78 Å². The van der Waals surface area contributed by atoms with Crippen molar-refractivity contribution in [1.29, 1.82) is 0 Å². The van der Waals surface area contributed by atoms with E-state index in [1.807, 2.05) is 57.5 Å². The van der Waals surface area contributed by atoms with E-state index in [9.17, 15) is 4.79 Å². The molecule has 0 aliphatic heterocycles. The van der Waals surface area contributed by atoms with Gasteiger partial charge in [-0.1, -0.05) is 24.3 Å². The Hall–Kier alpha value is -1.96. The van der Waals surface area contributed by atoms with E-state index in [2.05, 4.69) is 10.3 Å². The molecule has 0 unspecified atom stereocenters. The first kappa shape index (κ1) is 20.4. The molecule has 2 rings (SSSR count). The molecule has 2 N–H and O–H groups in total. The Morgan fingerprint density at radius 2 is 2.00 bits per heavy atom. The molecule has 0 saturated carbocycles. The Labute approximate surface area is 158 Å². The van der Waals surface area contributed by atoms with Crippen molar-refractivity contribution in [3.05, 3.63) is 41.0 Å². The quantitative estimate of drug-likeness (QED) is 0.718. The van der Waals surface area contributed by atoms with Crippen molar-refractivity contribution in [3.8, 4) is 10.4 Å². The van der Waals surface area contributed by atoms with Gasteiger partial charge in [-0.2, -0.15) is 0 Å². The van der Waals surface area contributed by atoms with E-state index in [0.29, 0.717) is 0 Å². The number of thiazole rings is 1. The number of aromatic nitrogens is 1. The number of alkyl carbamates (subject to hydrolysis) is 1. The predicted octanol–water partition coefficient (Wildman–Crippen LogP) is 3.69. The summed E-state index contributed by atoms with van der Waals surface area (Å²) < 4.78 is 10.9. The van der Waals surface area contributed by atoms with Crippen molar-refractivity contribution in [2.24, 2.45) is 0 Å². The van der Waals surface area contributed by atoms with Gasteiger partial charge < -0.3 is 19.9 Å². The molecule has 1 heterocycles. The molecule has 0 aliphatic carbocycles. The Balaban J connectivity index is 2.13. The van der Waals surface area contributed by atoms with E-state index in [1.54, 1.807) is 11.3 Å². The highest BCUT2D eigenvalue weighted by atomic mass is 32.1. The van der Waals surface area contributed by atoms with Gasteiger partial charge in [0.1, 0.15) is 0 Å². The standard InChI is InChI=1S/C19H26N2O4S/c1-13-17(26-12-20-13)15-7-5-14(6-8-15)16(11-24-10-9-22)25-18(23)21-19(2,3)4/h5-8,12,16,22H,9-11H2,1-4H3,(H,21,23)/t16-/m0/s1. The van der Waals surface area contributed by atoms with Crippen LogP contribution in [0.2, 0.25) is 0 Å². The minimum absolute atomic E-state index is 0.0789. The molecule has 0 fully saturated rings. The Morgan fingerprint density at radius 1 is 1.31 bits per heavy atom. The monoisotopic (exact) mass is 378 g/mol. The topological polar surface area (TPSA) is 80.7 Å². The van der Waals surface area contributed by atoms with Crippen LogP contribution in [0.4, 0.5) is 4.79 Å². The second-order valence-corrected chi connectivity index (χ2v) is 7.81. The van der Waals surface area contributed by atoms with E-state index in [4.69, 9.17) is 14.6 Å². The van der Waals surface area contributed by atoms with Crippen LogP contribution >= 0.6 is 11.3 Å². The zero-order chi connectivity index (χ0) is 19.2. The number of nitrogens with zero attached hydrogens (tertiary/aromatic N) is 1. The molecule has 26 heavy (non-hydrogen) atoms. The van der Waals surface area contributed by atoms with Crippen molar-refractivity contribution >= 4 is 17.4 Å². The average Bonchev–Trinajstić information content (AvgIpc) is 2.99. The first-order chi connectivity index (χ1) is 12.3. The van der Waals surface area contributed by atoms with Crippen LogP contribution < -0.4 is 5.32 Å². The molecule has 7 heteroatoms. The highest BCUT2D eigenvalue weighted by Gasteiger charge is 2.21. The largest absolute Gasteiger partial charge is 0.439 e. The van der Waals surface area contributed by atoms with Crippen LogP contribution in [-0.2, 0) is 9.47 Å². The molecule has 0 radical (unpaired) electrons. The van der Waals surface area contributed by atoms with Crippen LogP contribution in [0.25, 0.3) is 10.4 Å². The maximum atomic E-state index is 12.1. The van der Waals surface area contributed by atoms with Gasteiger partial charge >= 0.3 is 6.09 Å². The maximum absolute atomic E-state index is 12.1. The third-order valence-electron chi connectivity index (χ3n) is 3.52. The fourth-order valence-corrected chi connectivity index (χ4v) is 3.16. The number of ether oxygens (including phenoxy) is 2. The number of aliphatic hydroxyl groups is 1. The molecule has 1 atom stereocenters. The van der Waals surface area contributed by atoms with Crippen LogP contribution in [0.15, 0.2) is 29.8 Å². The number of benzene rings is 1. The molecule has 1 aromatic heterocycles. The summed E-state index contributed by atoms with van der Waals surface area (Å²) in [7, 11) is 0. The van der Waals surface area contributed by atoms with Gasteiger partial charge in [-0.05, 0) is 38.8 Å². The summed E-state index contributed by atoms with van der Waals surface area (Å²) in [6.07, 6.45) is -1.06. The first-order valence-electron chi connectivity index (χ1n) is 8.48. The van der Waals surface area contributed by atoms with Gasteiger partial charge in [0.05, 0.1) is 35.9 Å². The van der Waals surface area contributed by atoms with Gasteiger partial charge in [-0.15, -0.1) is 11.3 Å². The molecule has 6 nitrogen and oxygen atoms in total. The summed E-state index contributed by atoms with van der Waals surface area (Å²) in [6, 6.07) is 7.82. The highest BCUT2D eigenvalue weighted by Crippen LogP contribution is 2.29. The number of amides is 1. The molecule has 0 saturated heterocycles. The Morgan fingerprint density at radius 3 is 2.54 bits per heavy atom. The maximum Gasteiger partial charge on any atom is 0.408 e. The molecule has 0 aliphatic rings. The van der Waals surface area contributed by atoms with Crippen molar-refractivity contribution in [2.45, 2.75) is 39.3 Å². The lowest BCUT2D eigenvalue weighted by molar-refractivity contribution is 0.00604. The van der Waals surface area contributed by atoms with E-state index in [-0.39, 0.29) is 25.4 Å². The third kappa shape index (κ3) is 6.09. The minimum atomic E-state index is -0.555. The third-order valence-corrected chi connectivity index (χ3v) is 4.50. The van der Waals surface area contributed by atoms with Crippen LogP contribution in [-0.4, -0.2) is 41.5 Å². The summed E-state index contributed by atoms with van der Waals surface area (Å²) in [6.45, 7) is 7.93. The van der Waals surface area contributed by atoms with Crippen LogP contribution in [0.1, 0.15) is 38.1 Å². The Bertz CT molecular complexity index is 707. The summed E-state index contributed by atoms with van der Waals surface area (Å²) in [5.41, 5.74) is 4.33. The lowest BCUT2D eigenvalue weighted by Crippen LogP contribution is -2.41. The molecule has 0 bridgehead atoms. The van der Waals surface area contributed by atoms with Gasteiger partial charge in [0.2, 0.25) is 0 Å². The van der Waals surface area contributed by atoms with E-state index in [1.165, 1.54) is 0 Å². The fourth-order valence-electron chi connectivity index (χ4n) is 2.35. The lowest BCUT2D eigenvalue weighted by atomic mass is 10.1.